The number of hydrogen-bond donors (Lipinski definition) is 0. The minimum atomic E-state index is 0.591. The fraction of sp³-hybridized carbons (Fsp3) is 0. The topological polar surface area (TPSA) is 30.7 Å². The molecule has 2 aromatic carbocycles. The number of para-hydroxylation sites is 1. The minimum Gasteiger partial charge on any atom is -0.256 e. The molecule has 2 aromatic heterocycles. The summed E-state index contributed by atoms with van der Waals surface area (Å²) in [4.78, 5) is 8.92. The SMILES string of the molecule is Clc1cccc2c1nc(-c1ccc(-c3ccccn3)cc1)n2Cl. The van der Waals surface area contributed by atoms with Crippen molar-refractivity contribution in [3.8, 4) is 22.6 Å². The van der Waals surface area contributed by atoms with E-state index in [1.165, 1.54) is 4.09 Å². The van der Waals surface area contributed by atoms with Crippen LogP contribution in [-0.4, -0.2) is 14.1 Å². The molecule has 0 aliphatic heterocycles. The molecule has 0 aliphatic carbocycles. The van der Waals surface area contributed by atoms with Gasteiger partial charge in [-0.3, -0.25) is 4.98 Å². The second-order valence-corrected chi connectivity index (χ2v) is 5.86. The van der Waals surface area contributed by atoms with E-state index in [1.807, 2.05) is 60.7 Å². The van der Waals surface area contributed by atoms with Crippen LogP contribution >= 0.6 is 23.4 Å². The standard InChI is InChI=1S/C18H11Cl2N3/c19-14-4-3-6-16-17(14)22-18(23(16)20)13-9-7-12(8-10-13)15-5-1-2-11-21-15/h1-11H. The molecular formula is C18H11Cl2N3. The molecule has 0 fully saturated rings. The van der Waals surface area contributed by atoms with E-state index in [2.05, 4.69) is 9.97 Å². The number of pyridine rings is 1. The Bertz CT molecular complexity index is 977. The predicted molar refractivity (Wildman–Crippen MR) is 94.7 cm³/mol. The molecular weight excluding hydrogens is 329 g/mol. The molecule has 112 valence electrons. The van der Waals surface area contributed by atoms with E-state index in [9.17, 15) is 0 Å². The van der Waals surface area contributed by atoms with Crippen LogP contribution in [0.4, 0.5) is 0 Å². The summed E-state index contributed by atoms with van der Waals surface area (Å²) >= 11 is 12.6. The molecule has 5 heteroatoms. The lowest BCUT2D eigenvalue weighted by molar-refractivity contribution is 1.25. The summed E-state index contributed by atoms with van der Waals surface area (Å²) in [7, 11) is 0. The summed E-state index contributed by atoms with van der Waals surface area (Å²) in [6.45, 7) is 0. The fourth-order valence-corrected chi connectivity index (χ4v) is 3.02. The van der Waals surface area contributed by atoms with Crippen molar-refractivity contribution in [1.82, 2.24) is 14.1 Å². The van der Waals surface area contributed by atoms with Gasteiger partial charge in [0, 0.05) is 29.1 Å². The van der Waals surface area contributed by atoms with Crippen molar-refractivity contribution in [2.75, 3.05) is 0 Å². The molecule has 0 saturated carbocycles. The lowest BCUT2D eigenvalue weighted by atomic mass is 10.1. The van der Waals surface area contributed by atoms with Crippen LogP contribution in [0.25, 0.3) is 33.7 Å². The summed E-state index contributed by atoms with van der Waals surface area (Å²) in [5, 5.41) is 0.591. The van der Waals surface area contributed by atoms with Gasteiger partial charge in [-0.25, -0.2) is 9.07 Å². The van der Waals surface area contributed by atoms with Crippen LogP contribution in [0.15, 0.2) is 66.9 Å². The second-order valence-electron chi connectivity index (χ2n) is 5.12. The Kier molecular flexibility index (Phi) is 3.52. The third kappa shape index (κ3) is 2.48. The second kappa shape index (κ2) is 5.69. The van der Waals surface area contributed by atoms with Crippen molar-refractivity contribution < 1.29 is 0 Å². The number of fused-ring (bicyclic) bond motifs is 1. The average Bonchev–Trinajstić information content (AvgIpc) is 2.94. The number of halogens is 2. The molecule has 23 heavy (non-hydrogen) atoms. The number of hydrogen-bond acceptors (Lipinski definition) is 2. The Balaban J connectivity index is 1.80. The van der Waals surface area contributed by atoms with Crippen molar-refractivity contribution in [3.63, 3.8) is 0 Å². The van der Waals surface area contributed by atoms with Gasteiger partial charge in [-0.1, -0.05) is 48.0 Å². The zero-order chi connectivity index (χ0) is 15.8. The van der Waals surface area contributed by atoms with Gasteiger partial charge in [0.05, 0.1) is 16.2 Å². The third-order valence-electron chi connectivity index (χ3n) is 3.68. The molecule has 0 saturated heterocycles. The van der Waals surface area contributed by atoms with Gasteiger partial charge in [0.1, 0.15) is 5.52 Å². The van der Waals surface area contributed by atoms with Crippen molar-refractivity contribution in [1.29, 1.82) is 0 Å². The molecule has 4 aromatic rings. The van der Waals surface area contributed by atoms with Gasteiger partial charge in [-0.05, 0) is 24.3 Å². The highest BCUT2D eigenvalue weighted by molar-refractivity contribution is 6.35. The van der Waals surface area contributed by atoms with E-state index in [-0.39, 0.29) is 0 Å². The highest BCUT2D eigenvalue weighted by Gasteiger charge is 2.13. The Hall–Kier alpha value is -2.36. The maximum Gasteiger partial charge on any atom is 0.155 e. The largest absolute Gasteiger partial charge is 0.256 e. The van der Waals surface area contributed by atoms with Gasteiger partial charge >= 0.3 is 0 Å². The van der Waals surface area contributed by atoms with Gasteiger partial charge in [0.2, 0.25) is 0 Å². The monoisotopic (exact) mass is 339 g/mol. The summed E-state index contributed by atoms with van der Waals surface area (Å²) in [5.41, 5.74) is 4.40. The lowest BCUT2D eigenvalue weighted by Gasteiger charge is -2.03. The van der Waals surface area contributed by atoms with E-state index in [0.29, 0.717) is 16.4 Å². The number of rotatable bonds is 2. The number of aromatic nitrogens is 3. The van der Waals surface area contributed by atoms with Gasteiger partial charge in [0.15, 0.2) is 5.82 Å². The summed E-state index contributed by atoms with van der Waals surface area (Å²) in [6.07, 6.45) is 1.78. The molecule has 0 amide bonds. The molecule has 0 radical (unpaired) electrons. The first-order chi connectivity index (χ1) is 11.2. The van der Waals surface area contributed by atoms with Gasteiger partial charge in [-0.15, -0.1) is 0 Å². The van der Waals surface area contributed by atoms with Gasteiger partial charge < -0.3 is 0 Å². The van der Waals surface area contributed by atoms with Gasteiger partial charge in [-0.2, -0.15) is 0 Å². The van der Waals surface area contributed by atoms with E-state index < -0.39 is 0 Å². The molecule has 0 bridgehead atoms. The summed E-state index contributed by atoms with van der Waals surface area (Å²) in [6, 6.07) is 19.4. The van der Waals surface area contributed by atoms with E-state index in [0.717, 1.165) is 22.3 Å². The summed E-state index contributed by atoms with van der Waals surface area (Å²) in [5.74, 6) is 0.669. The molecule has 4 rings (SSSR count). The molecule has 2 heterocycles. The van der Waals surface area contributed by atoms with Crippen LogP contribution in [0.1, 0.15) is 0 Å². The quantitative estimate of drug-likeness (QED) is 0.488. The molecule has 0 aliphatic rings. The van der Waals surface area contributed by atoms with Crippen molar-refractivity contribution in [3.05, 3.63) is 71.9 Å². The third-order valence-corrected chi connectivity index (χ3v) is 4.33. The fourth-order valence-electron chi connectivity index (χ4n) is 2.54. The Morgan fingerprint density at radius 3 is 2.30 bits per heavy atom. The average molecular weight is 340 g/mol. The Morgan fingerprint density at radius 1 is 0.826 bits per heavy atom. The van der Waals surface area contributed by atoms with E-state index in [1.54, 1.807) is 6.20 Å². The van der Waals surface area contributed by atoms with Crippen LogP contribution in [0.2, 0.25) is 5.02 Å². The van der Waals surface area contributed by atoms with E-state index >= 15 is 0 Å². The number of benzene rings is 2. The van der Waals surface area contributed by atoms with Crippen LogP contribution in [0, 0.1) is 0 Å². The first-order valence-electron chi connectivity index (χ1n) is 7.09. The highest BCUT2D eigenvalue weighted by Crippen LogP contribution is 2.30. The first kappa shape index (κ1) is 14.2. The highest BCUT2D eigenvalue weighted by atomic mass is 35.5. The van der Waals surface area contributed by atoms with Crippen molar-refractivity contribution in [2.24, 2.45) is 0 Å². The Morgan fingerprint density at radius 2 is 1.61 bits per heavy atom. The van der Waals surface area contributed by atoms with Crippen LogP contribution < -0.4 is 0 Å². The maximum absolute atomic E-state index is 6.40. The van der Waals surface area contributed by atoms with Crippen LogP contribution in [-0.2, 0) is 0 Å². The van der Waals surface area contributed by atoms with Crippen molar-refractivity contribution in [2.45, 2.75) is 0 Å². The molecule has 3 nitrogen and oxygen atoms in total. The van der Waals surface area contributed by atoms with Crippen LogP contribution in [0.3, 0.4) is 0 Å². The molecule has 0 N–H and O–H groups in total. The number of nitrogens with zero attached hydrogens (tertiary/aromatic N) is 3. The zero-order valence-corrected chi connectivity index (χ0v) is 13.5. The predicted octanol–water partition coefficient (Wildman–Crippen LogP) is 5.42. The lowest BCUT2D eigenvalue weighted by Crippen LogP contribution is -1.88. The zero-order valence-electron chi connectivity index (χ0n) is 11.9. The Labute approximate surface area is 143 Å². The molecule has 0 spiro atoms. The normalized spacial score (nSPS) is 11.0. The van der Waals surface area contributed by atoms with Crippen LogP contribution in [0.5, 0.6) is 0 Å². The van der Waals surface area contributed by atoms with Crippen molar-refractivity contribution >= 4 is 34.4 Å². The minimum absolute atomic E-state index is 0.591. The number of imidazole rings is 1. The molecule has 0 unspecified atom stereocenters. The van der Waals surface area contributed by atoms with E-state index in [4.69, 9.17) is 23.4 Å². The molecule has 0 atom stereocenters. The first-order valence-corrected chi connectivity index (χ1v) is 7.80. The maximum atomic E-state index is 6.40. The smallest absolute Gasteiger partial charge is 0.155 e. The van der Waals surface area contributed by atoms with Gasteiger partial charge in [0.25, 0.3) is 0 Å². The summed E-state index contributed by atoms with van der Waals surface area (Å²) < 4.78 is 1.54.